The minimum absolute atomic E-state index is 0.0182. The van der Waals surface area contributed by atoms with Crippen LogP contribution in [-0.4, -0.2) is 41.5 Å². The van der Waals surface area contributed by atoms with Gasteiger partial charge in [0.1, 0.15) is 5.60 Å². The number of methoxy groups -OCH3 is 1. The Morgan fingerprint density at radius 3 is 2.58 bits per heavy atom. The highest BCUT2D eigenvalue weighted by molar-refractivity contribution is 5.87. The Morgan fingerprint density at radius 1 is 1.29 bits per heavy atom. The van der Waals surface area contributed by atoms with E-state index < -0.39 is 23.7 Å². The summed E-state index contributed by atoms with van der Waals surface area (Å²) in [5.41, 5.74) is -0.439. The van der Waals surface area contributed by atoms with Crippen LogP contribution in [0.1, 0.15) is 62.8 Å². The zero-order chi connectivity index (χ0) is 22.8. The number of alkyl carbamates (subject to hydrolysis) is 1. The first kappa shape index (κ1) is 22.5. The molecule has 1 aromatic carbocycles. The fraction of sp³-hybridized carbons (Fsp3) is 0.500. The molecular weight excluding hydrogens is 404 g/mol. The largest absolute Gasteiger partial charge is 0.493 e. The summed E-state index contributed by atoms with van der Waals surface area (Å²) in [4.78, 5) is 27.9. The number of hydrogen-bond donors (Lipinski definition) is 2. The number of carboxylic acid groups (broad SMARTS) is 1. The van der Waals surface area contributed by atoms with E-state index in [1.807, 2.05) is 0 Å². The maximum absolute atomic E-state index is 12.1. The highest BCUT2D eigenvalue weighted by Crippen LogP contribution is 2.36. The van der Waals surface area contributed by atoms with Crippen LogP contribution in [0.15, 0.2) is 22.6 Å². The number of amides is 1. The number of nitrogens with zero attached hydrogens (tertiary/aromatic N) is 1. The molecule has 1 aliphatic rings. The minimum atomic E-state index is -1.26. The van der Waals surface area contributed by atoms with Crippen molar-refractivity contribution in [2.24, 2.45) is 5.92 Å². The summed E-state index contributed by atoms with van der Waals surface area (Å²) < 4.78 is 22.2. The smallest absolute Gasteiger partial charge is 0.408 e. The van der Waals surface area contributed by atoms with Gasteiger partial charge in [-0.25, -0.2) is 14.6 Å². The van der Waals surface area contributed by atoms with E-state index in [9.17, 15) is 14.7 Å². The van der Waals surface area contributed by atoms with Crippen molar-refractivity contribution >= 4 is 12.1 Å². The fourth-order valence-electron chi connectivity index (χ4n) is 2.87. The maximum Gasteiger partial charge on any atom is 0.408 e. The number of oxazole rings is 1. The van der Waals surface area contributed by atoms with E-state index in [4.69, 9.17) is 18.6 Å². The van der Waals surface area contributed by atoms with Crippen LogP contribution in [0, 0.1) is 5.92 Å². The molecule has 0 unspecified atom stereocenters. The molecule has 1 saturated carbocycles. The monoisotopic (exact) mass is 432 g/mol. The molecule has 0 spiro atoms. The Bertz CT molecular complexity index is 957. The fourth-order valence-corrected chi connectivity index (χ4v) is 2.87. The second-order valence-electron chi connectivity index (χ2n) is 8.52. The highest BCUT2D eigenvalue weighted by Gasteiger charge is 2.28. The average molecular weight is 432 g/mol. The van der Waals surface area contributed by atoms with Crippen molar-refractivity contribution in [1.29, 1.82) is 0 Å². The van der Waals surface area contributed by atoms with Gasteiger partial charge in [0.25, 0.3) is 0 Å². The van der Waals surface area contributed by atoms with E-state index in [0.717, 1.165) is 12.8 Å². The van der Waals surface area contributed by atoms with Crippen molar-refractivity contribution in [2.45, 2.75) is 52.2 Å². The second kappa shape index (κ2) is 8.87. The van der Waals surface area contributed by atoms with Crippen molar-refractivity contribution < 1.29 is 33.3 Å². The number of carboxylic acids is 1. The number of benzene rings is 1. The standard InChI is InChI=1S/C22H28N2O7/c1-12(23-21(27)31-22(2,3)4)18-17(20(25)26)24-19(30-18)14-8-9-15(28-5)16(10-14)29-11-13-6-7-13/h8-10,12-13H,6-7,11H2,1-5H3,(H,23,27)(H,25,26)/t12-/m1/s1. The maximum atomic E-state index is 12.1. The zero-order valence-corrected chi connectivity index (χ0v) is 18.4. The first-order valence-corrected chi connectivity index (χ1v) is 10.1. The summed E-state index contributed by atoms with van der Waals surface area (Å²) >= 11 is 0. The molecule has 1 aromatic heterocycles. The van der Waals surface area contributed by atoms with Gasteiger partial charge in [-0.05, 0) is 64.7 Å². The Kier molecular flexibility index (Phi) is 6.42. The Labute approximate surface area is 180 Å². The topological polar surface area (TPSA) is 120 Å². The van der Waals surface area contributed by atoms with Gasteiger partial charge in [-0.1, -0.05) is 0 Å². The van der Waals surface area contributed by atoms with Gasteiger partial charge in [-0.15, -0.1) is 0 Å². The lowest BCUT2D eigenvalue weighted by Gasteiger charge is -2.21. The number of carbonyl (C=O) groups excluding carboxylic acids is 1. The number of nitrogens with one attached hydrogen (secondary N) is 1. The predicted octanol–water partition coefficient (Wildman–Crippen LogP) is 4.42. The summed E-state index contributed by atoms with van der Waals surface area (Å²) in [6, 6.07) is 4.35. The van der Waals surface area contributed by atoms with Gasteiger partial charge in [0.2, 0.25) is 5.89 Å². The van der Waals surface area contributed by atoms with E-state index in [1.165, 1.54) is 0 Å². The van der Waals surface area contributed by atoms with Crippen LogP contribution in [0.2, 0.25) is 0 Å². The van der Waals surface area contributed by atoms with Gasteiger partial charge in [-0.2, -0.15) is 0 Å². The molecule has 0 saturated heterocycles. The van der Waals surface area contributed by atoms with E-state index in [1.54, 1.807) is 53.0 Å². The van der Waals surface area contributed by atoms with Crippen LogP contribution < -0.4 is 14.8 Å². The lowest BCUT2D eigenvalue weighted by molar-refractivity contribution is 0.0498. The molecule has 1 fully saturated rings. The molecule has 3 rings (SSSR count). The summed E-state index contributed by atoms with van der Waals surface area (Å²) in [5, 5.41) is 12.2. The van der Waals surface area contributed by atoms with Crippen molar-refractivity contribution in [3.05, 3.63) is 29.7 Å². The molecule has 31 heavy (non-hydrogen) atoms. The Hall–Kier alpha value is -3.23. The molecule has 9 nitrogen and oxygen atoms in total. The van der Waals surface area contributed by atoms with Gasteiger partial charge >= 0.3 is 12.1 Å². The normalized spacial score (nSPS) is 14.6. The first-order chi connectivity index (χ1) is 14.6. The first-order valence-electron chi connectivity index (χ1n) is 10.1. The number of hydrogen-bond acceptors (Lipinski definition) is 7. The third kappa shape index (κ3) is 5.90. The lowest BCUT2D eigenvalue weighted by Crippen LogP contribution is -2.34. The van der Waals surface area contributed by atoms with Crippen molar-refractivity contribution in [1.82, 2.24) is 10.3 Å². The molecule has 1 aliphatic carbocycles. The zero-order valence-electron chi connectivity index (χ0n) is 18.4. The Morgan fingerprint density at radius 2 is 2.00 bits per heavy atom. The molecule has 0 radical (unpaired) electrons. The van der Waals surface area contributed by atoms with Gasteiger partial charge in [-0.3, -0.25) is 0 Å². The molecule has 0 bridgehead atoms. The van der Waals surface area contributed by atoms with Crippen LogP contribution in [0.5, 0.6) is 11.5 Å². The minimum Gasteiger partial charge on any atom is -0.493 e. The molecule has 1 amide bonds. The summed E-state index contributed by atoms with van der Waals surface area (Å²) in [6.07, 6.45) is 1.61. The van der Waals surface area contributed by atoms with Gasteiger partial charge < -0.3 is 29.1 Å². The van der Waals surface area contributed by atoms with Crippen molar-refractivity contribution in [3.63, 3.8) is 0 Å². The molecule has 1 atom stereocenters. The van der Waals surface area contributed by atoms with Gasteiger partial charge in [0.05, 0.1) is 19.8 Å². The second-order valence-corrected chi connectivity index (χ2v) is 8.52. The van der Waals surface area contributed by atoms with Crippen LogP contribution in [-0.2, 0) is 4.74 Å². The Balaban J connectivity index is 1.86. The SMILES string of the molecule is COc1ccc(-c2nc(C(=O)O)c([C@@H](C)NC(=O)OC(C)(C)C)o2)cc1OCC1CC1. The summed E-state index contributed by atoms with van der Waals surface area (Å²) in [6.45, 7) is 7.39. The molecule has 0 aliphatic heterocycles. The van der Waals surface area contributed by atoms with Crippen LogP contribution in [0.4, 0.5) is 4.79 Å². The quantitative estimate of drug-likeness (QED) is 0.629. The van der Waals surface area contributed by atoms with Crippen LogP contribution in [0.3, 0.4) is 0 Å². The molecular formula is C22H28N2O7. The number of carbonyl (C=O) groups is 2. The number of rotatable bonds is 8. The molecule has 1 heterocycles. The van der Waals surface area contributed by atoms with Gasteiger partial charge in [0, 0.05) is 5.56 Å². The van der Waals surface area contributed by atoms with E-state index in [2.05, 4.69) is 10.3 Å². The lowest BCUT2D eigenvalue weighted by atomic mass is 10.2. The molecule has 9 heteroatoms. The summed E-state index contributed by atoms with van der Waals surface area (Å²) in [5.74, 6) is 0.508. The van der Waals surface area contributed by atoms with Crippen molar-refractivity contribution in [3.8, 4) is 23.0 Å². The van der Waals surface area contributed by atoms with E-state index in [0.29, 0.717) is 29.6 Å². The summed E-state index contributed by atoms with van der Waals surface area (Å²) in [7, 11) is 1.55. The third-order valence-corrected chi connectivity index (χ3v) is 4.56. The van der Waals surface area contributed by atoms with E-state index in [-0.39, 0.29) is 17.3 Å². The van der Waals surface area contributed by atoms with Crippen LogP contribution >= 0.6 is 0 Å². The number of ether oxygens (including phenoxy) is 3. The predicted molar refractivity (Wildman–Crippen MR) is 111 cm³/mol. The van der Waals surface area contributed by atoms with Gasteiger partial charge in [0.15, 0.2) is 23.0 Å². The number of aromatic carboxylic acids is 1. The van der Waals surface area contributed by atoms with Crippen LogP contribution in [0.25, 0.3) is 11.5 Å². The number of aromatic nitrogens is 1. The third-order valence-electron chi connectivity index (χ3n) is 4.56. The molecule has 2 aromatic rings. The highest BCUT2D eigenvalue weighted by atomic mass is 16.6. The molecule has 168 valence electrons. The van der Waals surface area contributed by atoms with Crippen molar-refractivity contribution in [2.75, 3.05) is 13.7 Å². The average Bonchev–Trinajstić information content (AvgIpc) is 3.39. The molecule has 2 N–H and O–H groups in total. The van der Waals surface area contributed by atoms with E-state index >= 15 is 0 Å².